The number of hydrogen-bond donors (Lipinski definition) is 1. The van der Waals surface area contributed by atoms with Gasteiger partial charge in [0.1, 0.15) is 5.75 Å². The van der Waals surface area contributed by atoms with Crippen LogP contribution in [0.5, 0.6) is 5.75 Å². The quantitative estimate of drug-likeness (QED) is 0.703. The zero-order chi connectivity index (χ0) is 18.8. The highest BCUT2D eigenvalue weighted by Crippen LogP contribution is 2.29. The molecule has 3 aromatic rings. The van der Waals surface area contributed by atoms with Gasteiger partial charge in [-0.3, -0.25) is 4.79 Å². The fraction of sp³-hybridized carbons (Fsp3) is 0.227. The van der Waals surface area contributed by atoms with Gasteiger partial charge < -0.3 is 15.0 Å². The predicted molar refractivity (Wildman–Crippen MR) is 111 cm³/mol. The predicted octanol–water partition coefficient (Wildman–Crippen LogP) is 4.88. The molecule has 1 amide bonds. The van der Waals surface area contributed by atoms with Crippen LogP contribution in [0.3, 0.4) is 0 Å². The van der Waals surface area contributed by atoms with Gasteiger partial charge in [-0.2, -0.15) is 0 Å². The van der Waals surface area contributed by atoms with Gasteiger partial charge >= 0.3 is 0 Å². The number of rotatable bonds is 4. The molecule has 138 valence electrons. The zero-order valence-corrected chi connectivity index (χ0v) is 16.3. The molecule has 0 saturated heterocycles. The Morgan fingerprint density at radius 3 is 2.74 bits per heavy atom. The maximum Gasteiger partial charge on any atom is 0.259 e. The summed E-state index contributed by atoms with van der Waals surface area (Å²) in [5, 5.41) is 5.14. The second kappa shape index (κ2) is 7.45. The third-order valence-corrected chi connectivity index (χ3v) is 5.92. The van der Waals surface area contributed by atoms with Crippen LogP contribution >= 0.6 is 11.3 Å². The van der Waals surface area contributed by atoms with Crippen LogP contribution in [0.4, 0.5) is 11.4 Å². The first-order valence-electron chi connectivity index (χ1n) is 9.00. The summed E-state index contributed by atoms with van der Waals surface area (Å²) in [4.78, 5) is 16.5. The third kappa shape index (κ3) is 3.69. The van der Waals surface area contributed by atoms with Crippen LogP contribution in [-0.2, 0) is 13.0 Å². The SMILES string of the molecule is COc1ccc(C)cc1C(=O)Nc1ccc(N2CCc3sccc3C2)cc1. The van der Waals surface area contributed by atoms with E-state index in [9.17, 15) is 4.79 Å². The number of fused-ring (bicyclic) bond motifs is 1. The van der Waals surface area contributed by atoms with E-state index in [-0.39, 0.29) is 5.91 Å². The number of aryl methyl sites for hydroxylation is 1. The highest BCUT2D eigenvalue weighted by molar-refractivity contribution is 7.10. The van der Waals surface area contributed by atoms with Crippen LogP contribution in [0.15, 0.2) is 53.9 Å². The van der Waals surface area contributed by atoms with Crippen molar-refractivity contribution in [2.24, 2.45) is 0 Å². The second-order valence-electron chi connectivity index (χ2n) is 6.75. The highest BCUT2D eigenvalue weighted by atomic mass is 32.1. The average Bonchev–Trinajstić information content (AvgIpc) is 3.16. The van der Waals surface area contributed by atoms with Gasteiger partial charge in [0.05, 0.1) is 12.7 Å². The number of thiophene rings is 1. The number of hydrogen-bond acceptors (Lipinski definition) is 4. The Hall–Kier alpha value is -2.79. The standard InChI is InChI=1S/C22H22N2O2S/c1-15-3-8-20(26-2)19(13-15)22(25)23-17-4-6-18(7-5-17)24-11-9-21-16(14-24)10-12-27-21/h3-8,10,12-13H,9,11,14H2,1-2H3,(H,23,25). The van der Waals surface area contributed by atoms with Crippen molar-refractivity contribution in [2.45, 2.75) is 19.9 Å². The summed E-state index contributed by atoms with van der Waals surface area (Å²) in [5.74, 6) is 0.416. The van der Waals surface area contributed by atoms with Crippen LogP contribution in [0, 0.1) is 6.92 Å². The van der Waals surface area contributed by atoms with E-state index >= 15 is 0 Å². The minimum atomic E-state index is -0.163. The van der Waals surface area contributed by atoms with Crippen LogP contribution in [0.1, 0.15) is 26.4 Å². The van der Waals surface area contributed by atoms with E-state index in [2.05, 4.69) is 33.8 Å². The number of nitrogens with zero attached hydrogens (tertiary/aromatic N) is 1. The molecule has 0 spiro atoms. The van der Waals surface area contributed by atoms with Gasteiger partial charge in [-0.05, 0) is 66.8 Å². The van der Waals surface area contributed by atoms with Gasteiger partial charge in [-0.1, -0.05) is 11.6 Å². The fourth-order valence-corrected chi connectivity index (χ4v) is 4.31. The Bertz CT molecular complexity index is 963. The summed E-state index contributed by atoms with van der Waals surface area (Å²) in [6.07, 6.45) is 1.10. The molecule has 4 nitrogen and oxygen atoms in total. The van der Waals surface area contributed by atoms with Crippen LogP contribution in [0.2, 0.25) is 0 Å². The number of carbonyl (C=O) groups excluding carboxylic acids is 1. The summed E-state index contributed by atoms with van der Waals surface area (Å²) >= 11 is 1.85. The monoisotopic (exact) mass is 378 g/mol. The minimum absolute atomic E-state index is 0.163. The minimum Gasteiger partial charge on any atom is -0.496 e. The molecule has 1 N–H and O–H groups in total. The van der Waals surface area contributed by atoms with Crippen molar-refractivity contribution in [3.05, 3.63) is 75.5 Å². The lowest BCUT2D eigenvalue weighted by atomic mass is 10.1. The Morgan fingerprint density at radius 2 is 1.96 bits per heavy atom. The molecule has 2 aromatic carbocycles. The van der Waals surface area contributed by atoms with E-state index < -0.39 is 0 Å². The molecule has 4 rings (SSSR count). The number of benzene rings is 2. The number of anilines is 2. The molecule has 0 saturated carbocycles. The lowest BCUT2D eigenvalue weighted by Crippen LogP contribution is -2.29. The van der Waals surface area contributed by atoms with Gasteiger partial charge in [0, 0.05) is 29.3 Å². The van der Waals surface area contributed by atoms with Crippen molar-refractivity contribution < 1.29 is 9.53 Å². The molecule has 2 heterocycles. The first-order valence-corrected chi connectivity index (χ1v) is 9.88. The average molecular weight is 378 g/mol. The van der Waals surface area contributed by atoms with Crippen molar-refractivity contribution in [1.29, 1.82) is 0 Å². The van der Waals surface area contributed by atoms with Crippen molar-refractivity contribution in [3.8, 4) is 5.75 Å². The Morgan fingerprint density at radius 1 is 1.15 bits per heavy atom. The summed E-state index contributed by atoms with van der Waals surface area (Å²) in [6, 6.07) is 15.9. The van der Waals surface area contributed by atoms with E-state index in [0.29, 0.717) is 11.3 Å². The number of nitrogens with one attached hydrogen (secondary N) is 1. The van der Waals surface area contributed by atoms with Crippen LogP contribution < -0.4 is 15.0 Å². The highest BCUT2D eigenvalue weighted by Gasteiger charge is 2.18. The zero-order valence-electron chi connectivity index (χ0n) is 15.5. The van der Waals surface area contributed by atoms with E-state index in [0.717, 1.165) is 30.8 Å². The molecular weight excluding hydrogens is 356 g/mol. The Kier molecular flexibility index (Phi) is 4.86. The van der Waals surface area contributed by atoms with Crippen molar-refractivity contribution in [2.75, 3.05) is 23.9 Å². The van der Waals surface area contributed by atoms with Crippen molar-refractivity contribution in [3.63, 3.8) is 0 Å². The van der Waals surface area contributed by atoms with E-state index in [1.54, 1.807) is 7.11 Å². The summed E-state index contributed by atoms with van der Waals surface area (Å²) in [5.41, 5.74) is 4.95. The van der Waals surface area contributed by atoms with Crippen molar-refractivity contribution >= 4 is 28.6 Å². The van der Waals surface area contributed by atoms with Crippen LogP contribution in [0.25, 0.3) is 0 Å². The molecule has 0 fully saturated rings. The molecule has 0 aliphatic carbocycles. The third-order valence-electron chi connectivity index (χ3n) is 4.90. The fourth-order valence-electron chi connectivity index (χ4n) is 3.42. The van der Waals surface area contributed by atoms with Crippen LogP contribution in [-0.4, -0.2) is 19.6 Å². The summed E-state index contributed by atoms with van der Waals surface area (Å²) < 4.78 is 5.31. The molecule has 0 atom stereocenters. The summed E-state index contributed by atoms with van der Waals surface area (Å²) in [7, 11) is 1.58. The molecule has 27 heavy (non-hydrogen) atoms. The van der Waals surface area contributed by atoms with Gasteiger partial charge in [0.25, 0.3) is 5.91 Å². The largest absolute Gasteiger partial charge is 0.496 e. The number of carbonyl (C=O) groups is 1. The molecule has 0 radical (unpaired) electrons. The van der Waals surface area contributed by atoms with Gasteiger partial charge in [-0.15, -0.1) is 11.3 Å². The first kappa shape index (κ1) is 17.6. The Balaban J connectivity index is 1.47. The molecule has 0 bridgehead atoms. The van der Waals surface area contributed by atoms with E-state index in [1.165, 1.54) is 16.1 Å². The summed E-state index contributed by atoms with van der Waals surface area (Å²) in [6.45, 7) is 3.94. The van der Waals surface area contributed by atoms with Gasteiger partial charge in [0.2, 0.25) is 0 Å². The molecule has 1 aromatic heterocycles. The Labute approximate surface area is 163 Å². The molecule has 1 aliphatic rings. The van der Waals surface area contributed by atoms with Gasteiger partial charge in [-0.25, -0.2) is 0 Å². The first-order chi connectivity index (χ1) is 13.1. The maximum absolute atomic E-state index is 12.6. The number of ether oxygens (including phenoxy) is 1. The van der Waals surface area contributed by atoms with Gasteiger partial charge in [0.15, 0.2) is 0 Å². The van der Waals surface area contributed by atoms with Crippen molar-refractivity contribution in [1.82, 2.24) is 0 Å². The lowest BCUT2D eigenvalue weighted by Gasteiger charge is -2.29. The van der Waals surface area contributed by atoms with E-state index in [1.807, 2.05) is 48.6 Å². The topological polar surface area (TPSA) is 41.6 Å². The molecule has 1 aliphatic heterocycles. The molecule has 5 heteroatoms. The number of methoxy groups -OCH3 is 1. The maximum atomic E-state index is 12.6. The molecular formula is C22H22N2O2S. The van der Waals surface area contributed by atoms with E-state index in [4.69, 9.17) is 4.74 Å². The smallest absolute Gasteiger partial charge is 0.259 e. The normalized spacial score (nSPS) is 13.2. The lowest BCUT2D eigenvalue weighted by molar-refractivity contribution is 0.102. The second-order valence-corrected chi connectivity index (χ2v) is 7.75. The molecule has 0 unspecified atom stereocenters. The number of amides is 1.